The van der Waals surface area contributed by atoms with Crippen LogP contribution in [0.4, 0.5) is 0 Å². The zero-order valence-electron chi connectivity index (χ0n) is 12.4. The number of carbonyl (C=O) groups excluding carboxylic acids is 2. The zero-order chi connectivity index (χ0) is 13.9. The quantitative estimate of drug-likeness (QED) is 0.490. The van der Waals surface area contributed by atoms with Crippen LogP contribution in [0, 0.1) is 0 Å². The van der Waals surface area contributed by atoms with Gasteiger partial charge in [-0.15, -0.1) is 0 Å². The molecule has 4 nitrogen and oxygen atoms in total. The average molecular weight is 375 g/mol. The van der Waals surface area contributed by atoms with Crippen molar-refractivity contribution in [1.82, 2.24) is 8.33 Å². The molecule has 8 heteroatoms. The van der Waals surface area contributed by atoms with E-state index in [1.165, 1.54) is 23.3 Å². The predicted octanol–water partition coefficient (Wildman–Crippen LogP) is -4.19. The molecule has 0 fully saturated rings. The molecule has 1 aliphatic rings. The minimum Gasteiger partial charge on any atom is -1.00 e. The van der Waals surface area contributed by atoms with Crippen molar-refractivity contribution in [1.29, 1.82) is 0 Å². The second-order valence-electron chi connectivity index (χ2n) is 5.39. The topological polar surface area (TPSA) is 58.2 Å². The van der Waals surface area contributed by atoms with Crippen molar-refractivity contribution in [2.24, 2.45) is 0 Å². The Hall–Kier alpha value is -0.199. The van der Waals surface area contributed by atoms with E-state index in [4.69, 9.17) is 0 Å². The summed E-state index contributed by atoms with van der Waals surface area (Å²) in [7, 11) is -1.43. The Morgan fingerprint density at radius 2 is 1.55 bits per heavy atom. The second kappa shape index (κ2) is 8.95. The maximum Gasteiger partial charge on any atom is -1.00 e. The number of allylic oxidation sites excluding steroid dienone is 4. The minimum atomic E-state index is -1.98. The molecule has 20 heavy (non-hydrogen) atoms. The summed E-state index contributed by atoms with van der Waals surface area (Å²) in [6.07, 6.45) is 5.17. The largest absolute Gasteiger partial charge is 1.00 e. The Morgan fingerprint density at radius 1 is 1.10 bits per heavy atom. The standard InChI is InChI=1S/C8H13Si.2C2H5NO.2ClH.V/c1-9(2,3)8-6-4-5-7-8;2*1-2(3)4;;;/h4,6H,5H2,1-3H3;2*1H3,(H2,3,4);2*1H;/q;;;;;+4/p-4. The fourth-order valence-corrected chi connectivity index (χ4v) is 7.92. The fraction of sp³-hybridized carbons (Fsp3) is 0.500. The van der Waals surface area contributed by atoms with Crippen molar-refractivity contribution in [3.8, 4) is 0 Å². The van der Waals surface area contributed by atoms with Crippen LogP contribution in [0.15, 0.2) is 21.6 Å². The molecule has 1 aliphatic carbocycles. The van der Waals surface area contributed by atoms with Crippen LogP contribution in [0.2, 0.25) is 19.6 Å². The van der Waals surface area contributed by atoms with Gasteiger partial charge in [0.05, 0.1) is 0 Å². The molecular formula is C12H21Cl2N2O2SiV. The first-order valence-electron chi connectivity index (χ1n) is 5.96. The van der Waals surface area contributed by atoms with Crippen LogP contribution in [0.5, 0.6) is 0 Å². The number of amides is 2. The maximum absolute atomic E-state index is 11.3. The Balaban J connectivity index is 0. The molecule has 0 aliphatic heterocycles. The number of rotatable bonds is 4. The van der Waals surface area contributed by atoms with Crippen LogP contribution >= 0.6 is 0 Å². The number of carbonyl (C=O) groups is 2. The smallest absolute Gasteiger partial charge is 1.00 e. The van der Waals surface area contributed by atoms with Crippen molar-refractivity contribution in [2.45, 2.75) is 39.9 Å². The normalized spacial score (nSPS) is 13.2. The molecule has 114 valence electrons. The molecule has 0 aromatic heterocycles. The van der Waals surface area contributed by atoms with Crippen LogP contribution in [-0.2, 0) is 25.2 Å². The summed E-state index contributed by atoms with van der Waals surface area (Å²) in [5.74, 6) is -0.142. The van der Waals surface area contributed by atoms with Crippen molar-refractivity contribution in [3.05, 3.63) is 21.6 Å². The minimum absolute atomic E-state index is 0. The Labute approximate surface area is 139 Å². The van der Waals surface area contributed by atoms with Gasteiger partial charge < -0.3 is 24.8 Å². The maximum atomic E-state index is 11.3. The van der Waals surface area contributed by atoms with Gasteiger partial charge in [0, 0.05) is 0 Å². The van der Waals surface area contributed by atoms with Crippen LogP contribution in [0.3, 0.4) is 0 Å². The third-order valence-electron chi connectivity index (χ3n) is 2.52. The molecule has 0 aromatic carbocycles. The van der Waals surface area contributed by atoms with Crippen LogP contribution in [0.1, 0.15) is 20.3 Å². The number of halogens is 2. The molecule has 0 unspecified atom stereocenters. The third kappa shape index (κ3) is 6.50. The van der Waals surface area contributed by atoms with Gasteiger partial charge >= 0.3 is 115 Å². The van der Waals surface area contributed by atoms with E-state index in [0.29, 0.717) is 0 Å². The van der Waals surface area contributed by atoms with Gasteiger partial charge in [-0.05, 0) is 0 Å². The molecule has 0 bridgehead atoms. The van der Waals surface area contributed by atoms with Gasteiger partial charge in [-0.3, -0.25) is 0 Å². The molecule has 0 atom stereocenters. The predicted molar refractivity (Wildman–Crippen MR) is 71.8 cm³/mol. The Kier molecular flexibility index (Phi) is 9.88. The van der Waals surface area contributed by atoms with Gasteiger partial charge in [0.25, 0.3) is 0 Å². The van der Waals surface area contributed by atoms with Crippen LogP contribution < -0.4 is 33.1 Å². The molecule has 0 aromatic rings. The first-order chi connectivity index (χ1) is 8.21. The molecular weight excluding hydrogens is 354 g/mol. The van der Waals surface area contributed by atoms with Crippen molar-refractivity contribution in [3.63, 3.8) is 0 Å². The van der Waals surface area contributed by atoms with E-state index < -0.39 is 23.7 Å². The SMILES string of the molecule is CC(=O)[NH][V+2]([NH]C(C)=O)[C]1=C([Si](C)(C)C)C=CC1.[Cl-].[Cl-]. The van der Waals surface area contributed by atoms with Crippen molar-refractivity contribution in [2.75, 3.05) is 0 Å². The summed E-state index contributed by atoms with van der Waals surface area (Å²) in [6, 6.07) is 0. The van der Waals surface area contributed by atoms with Crippen molar-refractivity contribution < 1.29 is 50.0 Å². The van der Waals surface area contributed by atoms with Gasteiger partial charge in [0.1, 0.15) is 0 Å². The average Bonchev–Trinajstić information content (AvgIpc) is 2.61. The molecule has 2 N–H and O–H groups in total. The Bertz CT molecular complexity index is 418. The van der Waals surface area contributed by atoms with Gasteiger partial charge in [0.15, 0.2) is 0 Å². The summed E-state index contributed by atoms with van der Waals surface area (Å²) in [5.41, 5.74) is 0. The van der Waals surface area contributed by atoms with Crippen molar-refractivity contribution >= 4 is 19.9 Å². The van der Waals surface area contributed by atoms with Gasteiger partial charge in [-0.25, -0.2) is 0 Å². The molecule has 0 spiro atoms. The third-order valence-corrected chi connectivity index (χ3v) is 8.13. The van der Waals surface area contributed by atoms with Gasteiger partial charge in [0.2, 0.25) is 0 Å². The summed E-state index contributed by atoms with van der Waals surface area (Å²) in [6.45, 7) is 9.85. The molecule has 0 saturated heterocycles. The first kappa shape index (κ1) is 22.1. The second-order valence-corrected chi connectivity index (χ2v) is 13.0. The summed E-state index contributed by atoms with van der Waals surface area (Å²) in [4.78, 5) is 22.6. The molecule has 2 amide bonds. The van der Waals surface area contributed by atoms with E-state index in [2.05, 4.69) is 40.1 Å². The zero-order valence-corrected chi connectivity index (χ0v) is 16.3. The molecule has 1 rings (SSSR count). The monoisotopic (exact) mass is 374 g/mol. The first-order valence-corrected chi connectivity index (χ1v) is 11.6. The van der Waals surface area contributed by atoms with Gasteiger partial charge in [-0.1, -0.05) is 0 Å². The molecule has 0 radical (unpaired) electrons. The van der Waals surface area contributed by atoms with Crippen LogP contribution in [0.25, 0.3) is 0 Å². The van der Waals surface area contributed by atoms with Crippen LogP contribution in [-0.4, -0.2) is 19.9 Å². The number of hydrogen-bond acceptors (Lipinski definition) is 2. The van der Waals surface area contributed by atoms with Gasteiger partial charge in [-0.2, -0.15) is 0 Å². The van der Waals surface area contributed by atoms with E-state index in [9.17, 15) is 9.59 Å². The summed E-state index contributed by atoms with van der Waals surface area (Å²) >= 11 is -1.98. The summed E-state index contributed by atoms with van der Waals surface area (Å²) in [5, 5.41) is 1.38. The van der Waals surface area contributed by atoms with E-state index in [1.54, 1.807) is 0 Å². The number of nitrogens with one attached hydrogen (secondary N) is 2. The van der Waals surface area contributed by atoms with E-state index in [-0.39, 0.29) is 36.6 Å². The molecule has 0 saturated carbocycles. The fourth-order valence-electron chi connectivity index (χ4n) is 1.87. The summed E-state index contributed by atoms with van der Waals surface area (Å²) < 4.78 is 7.18. The Morgan fingerprint density at radius 3 is 1.90 bits per heavy atom. The van der Waals surface area contributed by atoms with E-state index in [1.807, 2.05) is 0 Å². The molecule has 0 heterocycles. The number of hydrogen-bond donors (Lipinski definition) is 2. The van der Waals surface area contributed by atoms with E-state index >= 15 is 0 Å². The van der Waals surface area contributed by atoms with E-state index in [0.717, 1.165) is 6.42 Å².